The number of aromatic nitrogens is 2. The van der Waals surface area contributed by atoms with Gasteiger partial charge in [-0.25, -0.2) is 4.98 Å². The maximum absolute atomic E-state index is 11.4. The van der Waals surface area contributed by atoms with Gasteiger partial charge < -0.3 is 16.0 Å². The predicted octanol–water partition coefficient (Wildman–Crippen LogP) is 0.999. The molecule has 0 aliphatic carbocycles. The highest BCUT2D eigenvalue weighted by molar-refractivity contribution is 5.77. The van der Waals surface area contributed by atoms with Crippen molar-refractivity contribution in [1.82, 2.24) is 9.97 Å². The van der Waals surface area contributed by atoms with Crippen LogP contribution in [0, 0.1) is 5.92 Å². The first kappa shape index (κ1) is 13.6. The van der Waals surface area contributed by atoms with Crippen LogP contribution in [0.25, 0.3) is 0 Å². The smallest absolute Gasteiger partial charge is 0.222 e. The highest BCUT2D eigenvalue weighted by Gasteiger charge is 2.29. The molecule has 0 saturated carbocycles. The SMILES string of the molecule is CCNc1cncc(N2CC(C(N)=O)CCC2C)n1. The van der Waals surface area contributed by atoms with E-state index in [1.807, 2.05) is 6.92 Å². The molecule has 1 fully saturated rings. The third-order valence-electron chi connectivity index (χ3n) is 3.56. The molecule has 6 heteroatoms. The number of rotatable bonds is 4. The van der Waals surface area contributed by atoms with E-state index >= 15 is 0 Å². The number of piperidine rings is 1. The minimum absolute atomic E-state index is 0.0965. The van der Waals surface area contributed by atoms with Crippen molar-refractivity contribution in [1.29, 1.82) is 0 Å². The van der Waals surface area contributed by atoms with Crippen molar-refractivity contribution in [2.45, 2.75) is 32.7 Å². The molecule has 1 aromatic heterocycles. The summed E-state index contributed by atoms with van der Waals surface area (Å²) < 4.78 is 0. The van der Waals surface area contributed by atoms with Crippen molar-refractivity contribution < 1.29 is 4.79 Å². The molecule has 1 aromatic rings. The third kappa shape index (κ3) is 3.13. The third-order valence-corrected chi connectivity index (χ3v) is 3.56. The van der Waals surface area contributed by atoms with E-state index in [2.05, 4.69) is 27.1 Å². The summed E-state index contributed by atoms with van der Waals surface area (Å²) in [5, 5.41) is 3.14. The Kier molecular flexibility index (Phi) is 4.19. The van der Waals surface area contributed by atoms with Gasteiger partial charge in [0.15, 0.2) is 0 Å². The molecule has 1 saturated heterocycles. The fraction of sp³-hybridized carbons (Fsp3) is 0.615. The molecule has 104 valence electrons. The Hall–Kier alpha value is -1.85. The van der Waals surface area contributed by atoms with Crippen LogP contribution in [0.4, 0.5) is 11.6 Å². The maximum atomic E-state index is 11.4. The van der Waals surface area contributed by atoms with Gasteiger partial charge in [0.25, 0.3) is 0 Å². The van der Waals surface area contributed by atoms with E-state index in [0.717, 1.165) is 31.0 Å². The van der Waals surface area contributed by atoms with Crippen LogP contribution in [0.2, 0.25) is 0 Å². The molecule has 1 amide bonds. The van der Waals surface area contributed by atoms with Gasteiger partial charge in [0.2, 0.25) is 5.91 Å². The van der Waals surface area contributed by atoms with Crippen molar-refractivity contribution >= 4 is 17.5 Å². The molecule has 6 nitrogen and oxygen atoms in total. The van der Waals surface area contributed by atoms with E-state index in [1.54, 1.807) is 12.4 Å². The van der Waals surface area contributed by atoms with Crippen molar-refractivity contribution in [2.24, 2.45) is 11.7 Å². The lowest BCUT2D eigenvalue weighted by Crippen LogP contribution is -2.46. The van der Waals surface area contributed by atoms with E-state index in [-0.39, 0.29) is 11.8 Å². The van der Waals surface area contributed by atoms with Crippen molar-refractivity contribution in [3.05, 3.63) is 12.4 Å². The summed E-state index contributed by atoms with van der Waals surface area (Å²) in [5.41, 5.74) is 5.42. The summed E-state index contributed by atoms with van der Waals surface area (Å²) >= 11 is 0. The molecule has 1 aliphatic heterocycles. The number of nitrogens with two attached hydrogens (primary N) is 1. The zero-order chi connectivity index (χ0) is 13.8. The Bertz CT molecular complexity index is 450. The molecule has 2 rings (SSSR count). The van der Waals surface area contributed by atoms with Crippen LogP contribution < -0.4 is 16.0 Å². The van der Waals surface area contributed by atoms with Crippen molar-refractivity contribution in [2.75, 3.05) is 23.3 Å². The first-order valence-corrected chi connectivity index (χ1v) is 6.73. The Labute approximate surface area is 113 Å². The molecular weight excluding hydrogens is 242 g/mol. The number of carbonyl (C=O) groups excluding carboxylic acids is 1. The second kappa shape index (κ2) is 5.86. The lowest BCUT2D eigenvalue weighted by molar-refractivity contribution is -0.122. The van der Waals surface area contributed by atoms with Crippen LogP contribution in [-0.2, 0) is 4.79 Å². The van der Waals surface area contributed by atoms with Gasteiger partial charge in [-0.2, -0.15) is 0 Å². The summed E-state index contributed by atoms with van der Waals surface area (Å²) in [5.74, 6) is 1.23. The monoisotopic (exact) mass is 263 g/mol. The number of amides is 1. The topological polar surface area (TPSA) is 84.1 Å². The van der Waals surface area contributed by atoms with Gasteiger partial charge in [0.05, 0.1) is 18.3 Å². The van der Waals surface area contributed by atoms with Gasteiger partial charge in [-0.15, -0.1) is 0 Å². The Morgan fingerprint density at radius 2 is 2.32 bits per heavy atom. The second-order valence-corrected chi connectivity index (χ2v) is 4.97. The largest absolute Gasteiger partial charge is 0.369 e. The zero-order valence-corrected chi connectivity index (χ0v) is 11.5. The highest BCUT2D eigenvalue weighted by atomic mass is 16.1. The van der Waals surface area contributed by atoms with Crippen LogP contribution in [0.3, 0.4) is 0 Å². The Balaban J connectivity index is 2.18. The first-order chi connectivity index (χ1) is 9.11. The average molecular weight is 263 g/mol. The Morgan fingerprint density at radius 3 is 3.00 bits per heavy atom. The molecule has 2 heterocycles. The molecule has 19 heavy (non-hydrogen) atoms. The maximum Gasteiger partial charge on any atom is 0.222 e. The van der Waals surface area contributed by atoms with E-state index in [4.69, 9.17) is 5.73 Å². The number of nitrogens with one attached hydrogen (secondary N) is 1. The molecule has 3 N–H and O–H groups in total. The van der Waals surface area contributed by atoms with Gasteiger partial charge in [-0.3, -0.25) is 9.78 Å². The molecule has 0 aromatic carbocycles. The summed E-state index contributed by atoms with van der Waals surface area (Å²) in [6.45, 7) is 5.58. The molecule has 0 bridgehead atoms. The van der Waals surface area contributed by atoms with Gasteiger partial charge in [0.1, 0.15) is 11.6 Å². The molecule has 1 aliphatic rings. The van der Waals surface area contributed by atoms with E-state index in [0.29, 0.717) is 12.6 Å². The van der Waals surface area contributed by atoms with Crippen LogP contribution in [0.1, 0.15) is 26.7 Å². The lowest BCUT2D eigenvalue weighted by atomic mass is 9.93. The minimum Gasteiger partial charge on any atom is -0.369 e. The zero-order valence-electron chi connectivity index (χ0n) is 11.5. The number of nitrogens with zero attached hydrogens (tertiary/aromatic N) is 3. The summed E-state index contributed by atoms with van der Waals surface area (Å²) in [4.78, 5) is 22.2. The first-order valence-electron chi connectivity index (χ1n) is 6.73. The molecular formula is C13H21N5O. The van der Waals surface area contributed by atoms with E-state index in [9.17, 15) is 4.79 Å². The number of hydrogen-bond acceptors (Lipinski definition) is 5. The van der Waals surface area contributed by atoms with E-state index in [1.165, 1.54) is 0 Å². The van der Waals surface area contributed by atoms with Crippen molar-refractivity contribution in [3.8, 4) is 0 Å². The van der Waals surface area contributed by atoms with Crippen LogP contribution >= 0.6 is 0 Å². The average Bonchev–Trinajstić information content (AvgIpc) is 2.39. The highest BCUT2D eigenvalue weighted by Crippen LogP contribution is 2.26. The standard InChI is InChI=1S/C13H21N5O/c1-3-16-11-6-15-7-12(17-11)18-8-10(13(14)19)5-4-9(18)2/h6-7,9-10H,3-5,8H2,1-2H3,(H2,14,19)(H,16,17). The van der Waals surface area contributed by atoms with Crippen molar-refractivity contribution in [3.63, 3.8) is 0 Å². The summed E-state index contributed by atoms with van der Waals surface area (Å²) in [6.07, 6.45) is 5.24. The second-order valence-electron chi connectivity index (χ2n) is 4.97. The summed E-state index contributed by atoms with van der Waals surface area (Å²) in [6, 6.07) is 0.349. The predicted molar refractivity (Wildman–Crippen MR) is 74.9 cm³/mol. The van der Waals surface area contributed by atoms with Gasteiger partial charge in [-0.05, 0) is 26.7 Å². The van der Waals surface area contributed by atoms with E-state index < -0.39 is 0 Å². The fourth-order valence-corrected chi connectivity index (χ4v) is 2.42. The fourth-order valence-electron chi connectivity index (χ4n) is 2.42. The van der Waals surface area contributed by atoms with Crippen LogP contribution in [-0.4, -0.2) is 35.0 Å². The summed E-state index contributed by atoms with van der Waals surface area (Å²) in [7, 11) is 0. The lowest BCUT2D eigenvalue weighted by Gasteiger charge is -2.37. The van der Waals surface area contributed by atoms with Gasteiger partial charge in [-0.1, -0.05) is 0 Å². The number of primary amides is 1. The Morgan fingerprint density at radius 1 is 1.53 bits per heavy atom. The quantitative estimate of drug-likeness (QED) is 0.846. The van der Waals surface area contributed by atoms with Crippen LogP contribution in [0.5, 0.6) is 0 Å². The normalized spacial score (nSPS) is 23.2. The molecule has 0 radical (unpaired) electrons. The van der Waals surface area contributed by atoms with Crippen LogP contribution in [0.15, 0.2) is 12.4 Å². The molecule has 2 unspecified atom stereocenters. The van der Waals surface area contributed by atoms with Gasteiger partial charge in [0, 0.05) is 19.1 Å². The number of carbonyl (C=O) groups is 1. The van der Waals surface area contributed by atoms with Gasteiger partial charge >= 0.3 is 0 Å². The molecule has 0 spiro atoms. The minimum atomic E-state index is -0.229. The molecule has 2 atom stereocenters. The number of anilines is 2. The number of hydrogen-bond donors (Lipinski definition) is 2.